The van der Waals surface area contributed by atoms with Crippen LogP contribution in [-0.4, -0.2) is 62.5 Å². The summed E-state index contributed by atoms with van der Waals surface area (Å²) in [5.41, 5.74) is -0.202. The quantitative estimate of drug-likeness (QED) is 0.718. The van der Waals surface area contributed by atoms with Crippen molar-refractivity contribution < 1.29 is 32.6 Å². The normalized spacial score (nSPS) is 25.1. The second-order valence-corrected chi connectivity index (χ2v) is 7.53. The van der Waals surface area contributed by atoms with Crippen molar-refractivity contribution in [1.82, 2.24) is 10.6 Å². The summed E-state index contributed by atoms with van der Waals surface area (Å²) >= 11 is 0. The van der Waals surface area contributed by atoms with E-state index in [0.717, 1.165) is 17.0 Å². The molecule has 162 valence electrons. The van der Waals surface area contributed by atoms with Crippen molar-refractivity contribution in [3.05, 3.63) is 23.8 Å². The maximum atomic E-state index is 14.8. The highest BCUT2D eigenvalue weighted by Crippen LogP contribution is 2.34. The van der Waals surface area contributed by atoms with E-state index in [0.29, 0.717) is 12.8 Å². The largest absolute Gasteiger partial charge is 0.442 e. The zero-order valence-corrected chi connectivity index (χ0v) is 16.3. The second kappa shape index (κ2) is 7.96. The van der Waals surface area contributed by atoms with E-state index in [1.807, 2.05) is 6.92 Å². The molecule has 3 heterocycles. The summed E-state index contributed by atoms with van der Waals surface area (Å²) in [6.45, 7) is 2.46. The molecular formula is C19H22F2N4O5. The van der Waals surface area contributed by atoms with Crippen molar-refractivity contribution in [3.8, 4) is 0 Å². The number of cyclic esters (lactones) is 1. The van der Waals surface area contributed by atoms with Crippen molar-refractivity contribution in [3.63, 3.8) is 0 Å². The van der Waals surface area contributed by atoms with Crippen molar-refractivity contribution in [2.75, 3.05) is 36.0 Å². The molecule has 2 N–H and O–H groups in total. The van der Waals surface area contributed by atoms with E-state index in [-0.39, 0.29) is 49.5 Å². The first-order chi connectivity index (χ1) is 14.4. The van der Waals surface area contributed by atoms with Gasteiger partial charge in [-0.3, -0.25) is 9.69 Å². The standard InChI is InChI=1S/C19H22F2N4O5/c1-2-3-16(26)22-6-11-7-25(19(28)29-11)10-4-12(20)17(13(21)5-10)24-8-14-15(9-24)30-18(27)23-14/h4-5,11,14-15H,2-3,6-9H2,1H3,(H,22,26)(H,23,27)/t11-,14?,15?/m0/s1. The lowest BCUT2D eigenvalue weighted by Gasteiger charge is -2.22. The lowest BCUT2D eigenvalue weighted by molar-refractivity contribution is -0.121. The van der Waals surface area contributed by atoms with Crippen molar-refractivity contribution in [2.45, 2.75) is 38.0 Å². The van der Waals surface area contributed by atoms with E-state index in [1.54, 1.807) is 0 Å². The van der Waals surface area contributed by atoms with E-state index in [2.05, 4.69) is 10.6 Å². The number of halogens is 2. The number of nitrogens with zero attached hydrogens (tertiary/aromatic N) is 2. The summed E-state index contributed by atoms with van der Waals surface area (Å²) in [6.07, 6.45) is -1.27. The van der Waals surface area contributed by atoms with Crippen LogP contribution < -0.4 is 20.4 Å². The number of anilines is 2. The van der Waals surface area contributed by atoms with Crippen LogP contribution in [0.1, 0.15) is 19.8 Å². The second-order valence-electron chi connectivity index (χ2n) is 7.53. The number of benzene rings is 1. The molecule has 0 bridgehead atoms. The van der Waals surface area contributed by atoms with Crippen molar-refractivity contribution >= 4 is 29.5 Å². The van der Waals surface area contributed by atoms with Crippen LogP contribution in [0.15, 0.2) is 12.1 Å². The van der Waals surface area contributed by atoms with E-state index in [4.69, 9.17) is 9.47 Å². The Morgan fingerprint density at radius 3 is 2.60 bits per heavy atom. The maximum absolute atomic E-state index is 14.8. The third kappa shape index (κ3) is 3.83. The van der Waals surface area contributed by atoms with Gasteiger partial charge >= 0.3 is 12.2 Å². The van der Waals surface area contributed by atoms with Gasteiger partial charge in [-0.1, -0.05) is 6.92 Å². The number of hydrogen-bond donors (Lipinski definition) is 2. The molecule has 3 saturated heterocycles. The van der Waals surface area contributed by atoms with Gasteiger partial charge in [-0.15, -0.1) is 0 Å². The van der Waals surface area contributed by atoms with Gasteiger partial charge in [-0.05, 0) is 6.42 Å². The van der Waals surface area contributed by atoms with Gasteiger partial charge in [0.2, 0.25) is 5.91 Å². The molecule has 4 rings (SSSR count). The summed E-state index contributed by atoms with van der Waals surface area (Å²) in [5.74, 6) is -1.81. The number of nitrogens with one attached hydrogen (secondary N) is 2. The summed E-state index contributed by atoms with van der Waals surface area (Å²) in [6, 6.07) is 1.82. The van der Waals surface area contributed by atoms with Crippen LogP contribution in [0.5, 0.6) is 0 Å². The van der Waals surface area contributed by atoms with E-state index < -0.39 is 36.0 Å². The number of carbonyl (C=O) groups excluding carboxylic acids is 3. The third-order valence-electron chi connectivity index (χ3n) is 5.34. The molecule has 3 fully saturated rings. The summed E-state index contributed by atoms with van der Waals surface area (Å²) in [5, 5.41) is 5.27. The Balaban J connectivity index is 1.44. The predicted octanol–water partition coefficient (Wildman–Crippen LogP) is 1.50. The first-order valence-electron chi connectivity index (χ1n) is 9.81. The van der Waals surface area contributed by atoms with Gasteiger partial charge in [0.15, 0.2) is 11.6 Å². The average molecular weight is 424 g/mol. The third-order valence-corrected chi connectivity index (χ3v) is 5.34. The van der Waals surface area contributed by atoms with Gasteiger partial charge in [0.1, 0.15) is 17.9 Å². The molecule has 30 heavy (non-hydrogen) atoms. The van der Waals surface area contributed by atoms with Crippen LogP contribution in [0, 0.1) is 11.6 Å². The lowest BCUT2D eigenvalue weighted by atomic mass is 10.2. The molecule has 0 spiro atoms. The fourth-order valence-electron chi connectivity index (χ4n) is 3.93. The van der Waals surface area contributed by atoms with Crippen LogP contribution in [0.25, 0.3) is 0 Å². The number of ether oxygens (including phenoxy) is 2. The highest BCUT2D eigenvalue weighted by Gasteiger charge is 2.43. The smallest absolute Gasteiger partial charge is 0.414 e. The number of rotatable bonds is 6. The molecule has 1 aromatic rings. The molecular weight excluding hydrogens is 402 g/mol. The molecule has 9 nitrogen and oxygen atoms in total. The molecule has 3 amide bonds. The molecule has 3 aliphatic heterocycles. The summed E-state index contributed by atoms with van der Waals surface area (Å²) in [7, 11) is 0. The fraction of sp³-hybridized carbons (Fsp3) is 0.526. The number of carbonyl (C=O) groups is 3. The molecule has 3 atom stereocenters. The monoisotopic (exact) mass is 424 g/mol. The highest BCUT2D eigenvalue weighted by atomic mass is 19.1. The zero-order valence-electron chi connectivity index (χ0n) is 16.3. The summed E-state index contributed by atoms with van der Waals surface area (Å²) in [4.78, 5) is 37.6. The number of alkyl carbamates (subject to hydrolysis) is 1. The van der Waals surface area contributed by atoms with Crippen LogP contribution in [0.4, 0.5) is 29.7 Å². The Kier molecular flexibility index (Phi) is 5.35. The van der Waals surface area contributed by atoms with Gasteiger partial charge in [-0.2, -0.15) is 0 Å². The minimum absolute atomic E-state index is 0.0325. The highest BCUT2D eigenvalue weighted by molar-refractivity contribution is 5.90. The van der Waals surface area contributed by atoms with E-state index in [9.17, 15) is 23.2 Å². The molecule has 0 radical (unpaired) electrons. The topological polar surface area (TPSA) is 100 Å². The van der Waals surface area contributed by atoms with E-state index in [1.165, 1.54) is 4.90 Å². The molecule has 1 aromatic carbocycles. The number of amides is 3. The van der Waals surface area contributed by atoms with Crippen LogP contribution in [0.2, 0.25) is 0 Å². The minimum atomic E-state index is -0.830. The van der Waals surface area contributed by atoms with Gasteiger partial charge in [0.05, 0.1) is 31.4 Å². The minimum Gasteiger partial charge on any atom is -0.442 e. The van der Waals surface area contributed by atoms with Crippen LogP contribution >= 0.6 is 0 Å². The first-order valence-corrected chi connectivity index (χ1v) is 9.81. The Morgan fingerprint density at radius 2 is 1.93 bits per heavy atom. The van der Waals surface area contributed by atoms with Crippen LogP contribution in [0.3, 0.4) is 0 Å². The average Bonchev–Trinajstić information content (AvgIpc) is 3.32. The fourth-order valence-corrected chi connectivity index (χ4v) is 3.93. The maximum Gasteiger partial charge on any atom is 0.414 e. The predicted molar refractivity (Wildman–Crippen MR) is 101 cm³/mol. The van der Waals surface area contributed by atoms with Gasteiger partial charge in [0, 0.05) is 25.1 Å². The molecule has 2 unspecified atom stereocenters. The van der Waals surface area contributed by atoms with Gasteiger partial charge in [0.25, 0.3) is 0 Å². The molecule has 0 saturated carbocycles. The molecule has 3 aliphatic rings. The van der Waals surface area contributed by atoms with Crippen molar-refractivity contribution in [2.24, 2.45) is 0 Å². The molecule has 11 heteroatoms. The Bertz CT molecular complexity index is 843. The first kappa shape index (κ1) is 20.2. The lowest BCUT2D eigenvalue weighted by Crippen LogP contribution is -2.34. The molecule has 0 aliphatic carbocycles. The number of hydrogen-bond acceptors (Lipinski definition) is 6. The van der Waals surface area contributed by atoms with Crippen LogP contribution in [-0.2, 0) is 14.3 Å². The Labute approximate surface area is 171 Å². The Morgan fingerprint density at radius 1 is 1.20 bits per heavy atom. The van der Waals surface area contributed by atoms with Crippen molar-refractivity contribution in [1.29, 1.82) is 0 Å². The van der Waals surface area contributed by atoms with Gasteiger partial charge < -0.3 is 25.0 Å². The number of fused-ring (bicyclic) bond motifs is 1. The zero-order chi connectivity index (χ0) is 21.4. The van der Waals surface area contributed by atoms with E-state index >= 15 is 0 Å². The Hall–Kier alpha value is -3.11. The summed E-state index contributed by atoms with van der Waals surface area (Å²) < 4.78 is 39.8. The SMILES string of the molecule is CCCC(=O)NC[C@H]1CN(c2cc(F)c(N3CC4NC(=O)OC4C3)c(F)c2)C(=O)O1. The molecule has 0 aromatic heterocycles. The van der Waals surface area contributed by atoms with Gasteiger partial charge in [-0.25, -0.2) is 18.4 Å².